The molecule has 2 aromatic heterocycles. The van der Waals surface area contributed by atoms with Crippen molar-refractivity contribution in [3.8, 4) is 0 Å². The van der Waals surface area contributed by atoms with Crippen LogP contribution >= 0.6 is 0 Å². The Kier molecular flexibility index (Phi) is 3.77. The van der Waals surface area contributed by atoms with Crippen LogP contribution in [0.4, 0.5) is 0 Å². The number of aryl methyl sites for hydroxylation is 2. The highest BCUT2D eigenvalue weighted by molar-refractivity contribution is 5.93. The van der Waals surface area contributed by atoms with E-state index in [2.05, 4.69) is 32.2 Å². The Balaban J connectivity index is 1.48. The molecule has 4 rings (SSSR count). The molecule has 0 aromatic carbocycles. The highest BCUT2D eigenvalue weighted by atomic mass is 16.2. The molecule has 128 valence electrons. The van der Waals surface area contributed by atoms with E-state index in [-0.39, 0.29) is 11.9 Å². The molecule has 0 bridgehead atoms. The largest absolute Gasteiger partial charge is 0.347 e. The molecule has 2 aromatic rings. The van der Waals surface area contributed by atoms with Crippen molar-refractivity contribution in [1.82, 2.24) is 29.7 Å². The number of hydrogen-bond donors (Lipinski definition) is 1. The number of carbonyl (C=O) groups is 1. The summed E-state index contributed by atoms with van der Waals surface area (Å²) in [5.41, 5.74) is 3.09. The number of rotatable bonds is 2. The molecular weight excluding hydrogens is 304 g/mol. The molecule has 2 atom stereocenters. The summed E-state index contributed by atoms with van der Waals surface area (Å²) >= 11 is 0. The Labute approximate surface area is 141 Å². The van der Waals surface area contributed by atoms with Crippen molar-refractivity contribution >= 4 is 11.6 Å². The fraction of sp³-hybridized carbons (Fsp3) is 0.588. The SMILES string of the molecule is Cc1cc(C)n2nc(C(=O)N[C@H]3C[C@H]4CN(C)CCN4C3)cc2n1. The summed E-state index contributed by atoms with van der Waals surface area (Å²) < 4.78 is 1.73. The second kappa shape index (κ2) is 5.82. The highest BCUT2D eigenvalue weighted by Crippen LogP contribution is 2.21. The van der Waals surface area contributed by atoms with Gasteiger partial charge in [-0.1, -0.05) is 0 Å². The average molecular weight is 328 g/mol. The molecule has 7 heteroatoms. The van der Waals surface area contributed by atoms with Gasteiger partial charge >= 0.3 is 0 Å². The molecule has 7 nitrogen and oxygen atoms in total. The van der Waals surface area contributed by atoms with Gasteiger partial charge in [-0.15, -0.1) is 0 Å². The van der Waals surface area contributed by atoms with Gasteiger partial charge in [0.2, 0.25) is 0 Å². The number of likely N-dealkylation sites (N-methyl/N-ethyl adjacent to an activating group) is 1. The molecule has 2 fully saturated rings. The molecule has 1 amide bonds. The Morgan fingerprint density at radius 2 is 2.08 bits per heavy atom. The van der Waals surface area contributed by atoms with Gasteiger partial charge < -0.3 is 10.2 Å². The Morgan fingerprint density at radius 3 is 2.92 bits per heavy atom. The zero-order valence-corrected chi connectivity index (χ0v) is 14.5. The van der Waals surface area contributed by atoms with E-state index in [4.69, 9.17) is 0 Å². The standard InChI is InChI=1S/C17H24N6O/c1-11-6-12(2)23-16(18-11)8-15(20-23)17(24)19-13-7-14-10-21(3)4-5-22(14)9-13/h6,8,13-14H,4-5,7,9-10H2,1-3H3,(H,19,24)/t13-,14-/m0/s1. The van der Waals surface area contributed by atoms with Gasteiger partial charge in [-0.3, -0.25) is 9.69 Å². The predicted molar refractivity (Wildman–Crippen MR) is 91.2 cm³/mol. The lowest BCUT2D eigenvalue weighted by molar-refractivity contribution is 0.0931. The Morgan fingerprint density at radius 1 is 1.25 bits per heavy atom. The average Bonchev–Trinajstić information content (AvgIpc) is 3.10. The van der Waals surface area contributed by atoms with E-state index in [1.54, 1.807) is 10.6 Å². The van der Waals surface area contributed by atoms with E-state index in [1.165, 1.54) is 0 Å². The van der Waals surface area contributed by atoms with Gasteiger partial charge in [-0.25, -0.2) is 9.50 Å². The van der Waals surface area contributed by atoms with Crippen LogP contribution in [-0.4, -0.2) is 75.6 Å². The van der Waals surface area contributed by atoms with Crippen LogP contribution < -0.4 is 5.32 Å². The van der Waals surface area contributed by atoms with Crippen LogP contribution in [0.15, 0.2) is 12.1 Å². The first-order valence-corrected chi connectivity index (χ1v) is 8.57. The number of aromatic nitrogens is 3. The molecule has 0 aliphatic carbocycles. The van der Waals surface area contributed by atoms with E-state index < -0.39 is 0 Å². The van der Waals surface area contributed by atoms with Crippen LogP contribution in [-0.2, 0) is 0 Å². The fourth-order valence-electron chi connectivity index (χ4n) is 3.96. The maximum absolute atomic E-state index is 12.6. The van der Waals surface area contributed by atoms with Crippen molar-refractivity contribution in [2.45, 2.75) is 32.4 Å². The number of piperazine rings is 1. The lowest BCUT2D eigenvalue weighted by Crippen LogP contribution is -2.48. The van der Waals surface area contributed by atoms with Crippen molar-refractivity contribution in [1.29, 1.82) is 0 Å². The number of nitrogens with zero attached hydrogens (tertiary/aromatic N) is 5. The monoisotopic (exact) mass is 328 g/mol. The lowest BCUT2D eigenvalue weighted by Gasteiger charge is -2.34. The van der Waals surface area contributed by atoms with Crippen molar-refractivity contribution in [2.24, 2.45) is 0 Å². The van der Waals surface area contributed by atoms with Crippen LogP contribution in [0.25, 0.3) is 5.65 Å². The van der Waals surface area contributed by atoms with Crippen LogP contribution in [0.5, 0.6) is 0 Å². The summed E-state index contributed by atoms with van der Waals surface area (Å²) in [7, 11) is 2.16. The minimum Gasteiger partial charge on any atom is -0.347 e. The highest BCUT2D eigenvalue weighted by Gasteiger charge is 2.36. The maximum Gasteiger partial charge on any atom is 0.272 e. The Hall–Kier alpha value is -1.99. The zero-order chi connectivity index (χ0) is 16.8. The third-order valence-corrected chi connectivity index (χ3v) is 5.12. The number of fused-ring (bicyclic) bond motifs is 2. The molecule has 0 radical (unpaired) electrons. The molecule has 2 aliphatic rings. The molecule has 4 heterocycles. The molecule has 0 unspecified atom stereocenters. The third-order valence-electron chi connectivity index (χ3n) is 5.12. The molecule has 0 saturated carbocycles. The number of nitrogens with one attached hydrogen (secondary N) is 1. The number of hydrogen-bond acceptors (Lipinski definition) is 5. The third kappa shape index (κ3) is 2.78. The van der Waals surface area contributed by atoms with Gasteiger partial charge in [-0.05, 0) is 33.4 Å². The van der Waals surface area contributed by atoms with Crippen molar-refractivity contribution < 1.29 is 4.79 Å². The summed E-state index contributed by atoms with van der Waals surface area (Å²) in [6, 6.07) is 4.50. The summed E-state index contributed by atoms with van der Waals surface area (Å²) in [6.45, 7) is 8.14. The molecular formula is C17H24N6O. The second-order valence-electron chi connectivity index (χ2n) is 7.16. The summed E-state index contributed by atoms with van der Waals surface area (Å²) in [4.78, 5) is 21.9. The van der Waals surface area contributed by atoms with Crippen LogP contribution in [0.3, 0.4) is 0 Å². The normalized spacial score (nSPS) is 25.1. The summed E-state index contributed by atoms with van der Waals surface area (Å²) in [6.07, 6.45) is 1.01. The second-order valence-corrected chi connectivity index (χ2v) is 7.16. The van der Waals surface area contributed by atoms with Crippen LogP contribution in [0.2, 0.25) is 0 Å². The smallest absolute Gasteiger partial charge is 0.272 e. The summed E-state index contributed by atoms with van der Waals surface area (Å²) in [5, 5.41) is 7.58. The molecule has 24 heavy (non-hydrogen) atoms. The van der Waals surface area contributed by atoms with E-state index in [9.17, 15) is 4.79 Å². The number of amides is 1. The molecule has 1 N–H and O–H groups in total. The predicted octanol–water partition coefficient (Wildman–Crippen LogP) is 0.464. The summed E-state index contributed by atoms with van der Waals surface area (Å²) in [5.74, 6) is -0.101. The number of carbonyl (C=O) groups excluding carboxylic acids is 1. The van der Waals surface area contributed by atoms with E-state index in [1.807, 2.05) is 19.9 Å². The van der Waals surface area contributed by atoms with Gasteiger partial charge in [0.25, 0.3) is 5.91 Å². The van der Waals surface area contributed by atoms with Crippen molar-refractivity contribution in [2.75, 3.05) is 33.2 Å². The topological polar surface area (TPSA) is 65.8 Å². The fourth-order valence-corrected chi connectivity index (χ4v) is 3.96. The minimum absolute atomic E-state index is 0.101. The molecule has 0 spiro atoms. The Bertz CT molecular complexity index is 785. The van der Waals surface area contributed by atoms with Gasteiger partial charge in [0.1, 0.15) is 0 Å². The lowest BCUT2D eigenvalue weighted by atomic mass is 10.1. The first-order valence-electron chi connectivity index (χ1n) is 8.57. The van der Waals surface area contributed by atoms with Gasteiger partial charge in [-0.2, -0.15) is 5.10 Å². The van der Waals surface area contributed by atoms with E-state index >= 15 is 0 Å². The first kappa shape index (κ1) is 15.5. The first-order chi connectivity index (χ1) is 11.5. The van der Waals surface area contributed by atoms with Gasteiger partial charge in [0, 0.05) is 55.7 Å². The maximum atomic E-state index is 12.6. The van der Waals surface area contributed by atoms with Crippen LogP contribution in [0, 0.1) is 13.8 Å². The van der Waals surface area contributed by atoms with Crippen molar-refractivity contribution in [3.05, 3.63) is 29.2 Å². The van der Waals surface area contributed by atoms with Gasteiger partial charge in [0.15, 0.2) is 11.3 Å². The van der Waals surface area contributed by atoms with Crippen molar-refractivity contribution in [3.63, 3.8) is 0 Å². The molecule has 2 aliphatic heterocycles. The quantitative estimate of drug-likeness (QED) is 0.868. The molecule has 2 saturated heterocycles. The van der Waals surface area contributed by atoms with Crippen LogP contribution in [0.1, 0.15) is 28.3 Å². The van der Waals surface area contributed by atoms with E-state index in [0.717, 1.165) is 49.6 Å². The minimum atomic E-state index is -0.101. The van der Waals surface area contributed by atoms with E-state index in [0.29, 0.717) is 11.7 Å². The van der Waals surface area contributed by atoms with Gasteiger partial charge in [0.05, 0.1) is 0 Å². The zero-order valence-electron chi connectivity index (χ0n) is 14.5.